The van der Waals surface area contributed by atoms with Crippen LogP contribution in [0.15, 0.2) is 29.2 Å². The Bertz CT molecular complexity index is 640. The van der Waals surface area contributed by atoms with Gasteiger partial charge in [-0.2, -0.15) is 0 Å². The molecule has 0 saturated carbocycles. The van der Waals surface area contributed by atoms with Gasteiger partial charge in [0.2, 0.25) is 0 Å². The molecule has 0 N–H and O–H groups in total. The Morgan fingerprint density at radius 2 is 1.66 bits per heavy atom. The number of thioether (sulfide) groups is 1. The number of piperidine rings is 2. The Kier molecular flexibility index (Phi) is 7.92. The SMILES string of the molecule is CSc1ccc(C2CCN(CCC3CCN(C(=O)OC(C)(C)C)CC3)CC2)cc1. The lowest BCUT2D eigenvalue weighted by atomic mass is 9.88. The maximum atomic E-state index is 12.2. The molecule has 0 atom stereocenters. The summed E-state index contributed by atoms with van der Waals surface area (Å²) in [5, 5.41) is 0. The first-order chi connectivity index (χ1) is 13.8. The van der Waals surface area contributed by atoms with Gasteiger partial charge in [0, 0.05) is 18.0 Å². The van der Waals surface area contributed by atoms with Gasteiger partial charge in [0.15, 0.2) is 0 Å². The maximum absolute atomic E-state index is 12.2. The second-order valence-electron chi connectivity index (χ2n) is 9.59. The first kappa shape index (κ1) is 22.5. The van der Waals surface area contributed by atoms with Gasteiger partial charge in [0.25, 0.3) is 0 Å². The largest absolute Gasteiger partial charge is 0.444 e. The quantitative estimate of drug-likeness (QED) is 0.581. The van der Waals surface area contributed by atoms with Crippen molar-refractivity contribution in [3.05, 3.63) is 29.8 Å². The summed E-state index contributed by atoms with van der Waals surface area (Å²) in [6.07, 6.45) is 8.01. The zero-order valence-corrected chi connectivity index (χ0v) is 19.5. The van der Waals surface area contributed by atoms with E-state index >= 15 is 0 Å². The number of nitrogens with zero attached hydrogens (tertiary/aromatic N) is 2. The van der Waals surface area contributed by atoms with E-state index in [1.165, 1.54) is 49.4 Å². The van der Waals surface area contributed by atoms with Crippen LogP contribution in [0.3, 0.4) is 0 Å². The molecular weight excluding hydrogens is 380 g/mol. The summed E-state index contributed by atoms with van der Waals surface area (Å²) in [7, 11) is 0. The highest BCUT2D eigenvalue weighted by Crippen LogP contribution is 2.30. The first-order valence-electron chi connectivity index (χ1n) is 11.2. The van der Waals surface area contributed by atoms with E-state index in [-0.39, 0.29) is 6.09 Å². The third kappa shape index (κ3) is 6.92. The number of hydrogen-bond donors (Lipinski definition) is 0. The molecule has 1 aromatic rings. The number of amides is 1. The molecule has 1 aromatic carbocycles. The number of rotatable bonds is 5. The van der Waals surface area contributed by atoms with E-state index < -0.39 is 5.60 Å². The fourth-order valence-electron chi connectivity index (χ4n) is 4.46. The van der Waals surface area contributed by atoms with Crippen LogP contribution >= 0.6 is 11.8 Å². The van der Waals surface area contributed by atoms with E-state index in [4.69, 9.17) is 4.74 Å². The first-order valence-corrected chi connectivity index (χ1v) is 12.4. The Morgan fingerprint density at radius 3 is 2.21 bits per heavy atom. The third-order valence-electron chi connectivity index (χ3n) is 6.29. The predicted molar refractivity (Wildman–Crippen MR) is 122 cm³/mol. The molecule has 0 aliphatic carbocycles. The molecule has 0 unspecified atom stereocenters. The monoisotopic (exact) mass is 418 g/mol. The number of carbonyl (C=O) groups excluding carboxylic acids is 1. The minimum absolute atomic E-state index is 0.149. The van der Waals surface area contributed by atoms with E-state index in [2.05, 4.69) is 35.4 Å². The van der Waals surface area contributed by atoms with Gasteiger partial charge in [-0.05, 0) is 108 Å². The second-order valence-corrected chi connectivity index (χ2v) is 10.5. The van der Waals surface area contributed by atoms with Gasteiger partial charge >= 0.3 is 6.09 Å². The standard InChI is InChI=1S/C24H38N2O2S/c1-24(2,3)28-23(27)26-17-10-19(11-18-26)9-14-25-15-12-21(13-16-25)20-5-7-22(29-4)8-6-20/h5-8,19,21H,9-18H2,1-4H3. The molecular formula is C24H38N2O2S. The molecule has 2 aliphatic rings. The number of carbonyl (C=O) groups is 1. The van der Waals surface area contributed by atoms with E-state index in [1.807, 2.05) is 37.4 Å². The molecule has 0 bridgehead atoms. The molecule has 5 heteroatoms. The number of ether oxygens (including phenoxy) is 1. The Labute approximate surface area is 181 Å². The normalized spacial score (nSPS) is 20.1. The molecule has 3 rings (SSSR count). The Morgan fingerprint density at radius 1 is 1.03 bits per heavy atom. The molecule has 0 spiro atoms. The molecule has 4 nitrogen and oxygen atoms in total. The van der Waals surface area contributed by atoms with Crippen molar-refractivity contribution in [2.24, 2.45) is 5.92 Å². The molecule has 162 valence electrons. The molecule has 29 heavy (non-hydrogen) atoms. The minimum atomic E-state index is -0.406. The van der Waals surface area contributed by atoms with Crippen LogP contribution in [0.2, 0.25) is 0 Å². The lowest BCUT2D eigenvalue weighted by molar-refractivity contribution is 0.0177. The van der Waals surface area contributed by atoms with Crippen LogP contribution < -0.4 is 0 Å². The van der Waals surface area contributed by atoms with E-state index in [9.17, 15) is 4.79 Å². The summed E-state index contributed by atoms with van der Waals surface area (Å²) in [6, 6.07) is 9.17. The number of hydrogen-bond acceptors (Lipinski definition) is 4. The molecule has 2 aliphatic heterocycles. The molecule has 0 radical (unpaired) electrons. The summed E-state index contributed by atoms with van der Waals surface area (Å²) in [5.74, 6) is 1.46. The molecule has 0 aromatic heterocycles. The van der Waals surface area contributed by atoms with Crippen LogP contribution in [0.5, 0.6) is 0 Å². The van der Waals surface area contributed by atoms with Crippen molar-refractivity contribution in [2.45, 2.75) is 69.3 Å². The minimum Gasteiger partial charge on any atom is -0.444 e. The second kappa shape index (κ2) is 10.2. The average molecular weight is 419 g/mol. The van der Waals surface area contributed by atoms with Crippen molar-refractivity contribution in [2.75, 3.05) is 39.0 Å². The smallest absolute Gasteiger partial charge is 0.410 e. The van der Waals surface area contributed by atoms with Crippen molar-refractivity contribution < 1.29 is 9.53 Å². The number of likely N-dealkylation sites (tertiary alicyclic amines) is 2. The van der Waals surface area contributed by atoms with Crippen LogP contribution in [0.25, 0.3) is 0 Å². The van der Waals surface area contributed by atoms with E-state index in [0.29, 0.717) is 0 Å². The van der Waals surface area contributed by atoms with Crippen molar-refractivity contribution in [3.63, 3.8) is 0 Å². The number of benzene rings is 1. The van der Waals surface area contributed by atoms with Crippen molar-refractivity contribution in [1.29, 1.82) is 0 Å². The topological polar surface area (TPSA) is 32.8 Å². The van der Waals surface area contributed by atoms with Crippen molar-refractivity contribution >= 4 is 17.9 Å². The summed E-state index contributed by atoms with van der Waals surface area (Å²) >= 11 is 1.81. The fraction of sp³-hybridized carbons (Fsp3) is 0.708. The van der Waals surface area contributed by atoms with Gasteiger partial charge in [0.1, 0.15) is 5.60 Å². The van der Waals surface area contributed by atoms with Crippen molar-refractivity contribution in [1.82, 2.24) is 9.80 Å². The molecule has 2 fully saturated rings. The van der Waals surface area contributed by atoms with E-state index in [1.54, 1.807) is 0 Å². The van der Waals surface area contributed by atoms with Crippen LogP contribution in [0.4, 0.5) is 4.79 Å². The van der Waals surface area contributed by atoms with Crippen LogP contribution in [0.1, 0.15) is 64.4 Å². The van der Waals surface area contributed by atoms with Gasteiger partial charge in [-0.1, -0.05) is 12.1 Å². The zero-order valence-electron chi connectivity index (χ0n) is 18.7. The highest BCUT2D eigenvalue weighted by molar-refractivity contribution is 7.98. The Balaban J connectivity index is 1.34. The van der Waals surface area contributed by atoms with Crippen LogP contribution in [-0.4, -0.2) is 60.5 Å². The third-order valence-corrected chi connectivity index (χ3v) is 7.04. The van der Waals surface area contributed by atoms with E-state index in [0.717, 1.165) is 37.8 Å². The molecule has 1 amide bonds. The lowest BCUT2D eigenvalue weighted by Crippen LogP contribution is -2.42. The van der Waals surface area contributed by atoms with Gasteiger partial charge < -0.3 is 14.5 Å². The van der Waals surface area contributed by atoms with Gasteiger partial charge in [0.05, 0.1) is 0 Å². The maximum Gasteiger partial charge on any atom is 0.410 e. The molecule has 2 saturated heterocycles. The average Bonchev–Trinajstić information content (AvgIpc) is 2.72. The summed E-state index contributed by atoms with van der Waals surface area (Å²) in [5.41, 5.74) is 1.11. The summed E-state index contributed by atoms with van der Waals surface area (Å²) < 4.78 is 5.50. The highest BCUT2D eigenvalue weighted by atomic mass is 32.2. The van der Waals surface area contributed by atoms with Crippen molar-refractivity contribution in [3.8, 4) is 0 Å². The van der Waals surface area contributed by atoms with Gasteiger partial charge in [-0.25, -0.2) is 4.79 Å². The van der Waals surface area contributed by atoms with Crippen LogP contribution in [0, 0.1) is 5.92 Å². The highest BCUT2D eigenvalue weighted by Gasteiger charge is 2.27. The van der Waals surface area contributed by atoms with Crippen LogP contribution in [-0.2, 0) is 4.74 Å². The molecule has 2 heterocycles. The lowest BCUT2D eigenvalue weighted by Gasteiger charge is -2.36. The summed E-state index contributed by atoms with van der Waals surface area (Å²) in [4.78, 5) is 18.1. The van der Waals surface area contributed by atoms with Gasteiger partial charge in [-0.3, -0.25) is 0 Å². The zero-order chi connectivity index (χ0) is 20.9. The Hall–Kier alpha value is -1.20. The fourth-order valence-corrected chi connectivity index (χ4v) is 4.87. The summed E-state index contributed by atoms with van der Waals surface area (Å²) in [6.45, 7) is 11.1. The predicted octanol–water partition coefficient (Wildman–Crippen LogP) is 5.63. The van der Waals surface area contributed by atoms with Gasteiger partial charge in [-0.15, -0.1) is 11.8 Å².